The minimum absolute atomic E-state index is 0. The zero-order valence-electron chi connectivity index (χ0n) is 15.3. The summed E-state index contributed by atoms with van der Waals surface area (Å²) in [7, 11) is 0. The Morgan fingerprint density at radius 1 is 1.50 bits per heavy atom. The van der Waals surface area contributed by atoms with Crippen molar-refractivity contribution in [2.45, 2.75) is 11.4 Å². The van der Waals surface area contributed by atoms with E-state index >= 15 is 0 Å². The summed E-state index contributed by atoms with van der Waals surface area (Å²) in [6, 6.07) is -1.08. The molecule has 0 aromatic carbocycles. The molecule has 1 unspecified atom stereocenters. The Balaban J connectivity index is 0.00000320. The van der Waals surface area contributed by atoms with Gasteiger partial charge in [-0.05, 0) is 0 Å². The molecule has 1 fully saturated rings. The van der Waals surface area contributed by atoms with Crippen LogP contribution in [-0.2, 0) is 19.1 Å². The molecular formula is C14H13N6NaO7S2. The van der Waals surface area contributed by atoms with Crippen molar-refractivity contribution in [2.24, 2.45) is 10.9 Å². The number of primary amides is 1. The summed E-state index contributed by atoms with van der Waals surface area (Å²) in [5.41, 5.74) is 4.22. The number of thioether (sulfide) groups is 1. The van der Waals surface area contributed by atoms with Gasteiger partial charge in [-0.15, -0.1) is 23.1 Å². The van der Waals surface area contributed by atoms with E-state index in [9.17, 15) is 24.3 Å². The molecule has 3 amide bonds. The number of nitrogens with zero attached hydrogens (tertiary/aromatic N) is 2. The molecule has 2 aliphatic rings. The first kappa shape index (κ1) is 23.9. The number of oxime groups is 1. The summed E-state index contributed by atoms with van der Waals surface area (Å²) >= 11 is 2.11. The van der Waals surface area contributed by atoms with E-state index in [0.717, 1.165) is 28.0 Å². The number of fused-ring (bicyclic) bond motifs is 1. The van der Waals surface area contributed by atoms with Gasteiger partial charge in [-0.3, -0.25) is 19.9 Å². The van der Waals surface area contributed by atoms with Gasteiger partial charge in [0.15, 0.2) is 10.5 Å². The topological polar surface area (TPSA) is 214 Å². The second kappa shape index (κ2) is 9.65. The minimum Gasteiger partial charge on any atom is -0.543 e. The molecule has 13 nitrogen and oxygen atoms in total. The van der Waals surface area contributed by atoms with Crippen LogP contribution in [0, 0.1) is 5.41 Å². The molecule has 1 saturated heterocycles. The Morgan fingerprint density at radius 3 is 2.73 bits per heavy atom. The molecule has 2 aliphatic heterocycles. The summed E-state index contributed by atoms with van der Waals surface area (Å²) in [5.74, 6) is -3.15. The molecule has 0 spiro atoms. The molecule has 1 aromatic rings. The van der Waals surface area contributed by atoms with Crippen LogP contribution in [-0.4, -0.2) is 68.5 Å². The number of nitrogens with two attached hydrogens (primary N) is 1. The number of β-lactam (4-membered cyclic amide) rings is 1. The van der Waals surface area contributed by atoms with E-state index in [-0.39, 0.29) is 51.4 Å². The van der Waals surface area contributed by atoms with E-state index in [2.05, 4.69) is 20.2 Å². The van der Waals surface area contributed by atoms with Crippen LogP contribution in [0.4, 0.5) is 4.79 Å². The summed E-state index contributed by atoms with van der Waals surface area (Å²) in [6.07, 6.45) is -1.10. The van der Waals surface area contributed by atoms with E-state index in [1.807, 2.05) is 0 Å². The van der Waals surface area contributed by atoms with Gasteiger partial charge in [0.25, 0.3) is 11.8 Å². The van der Waals surface area contributed by atoms with Crippen LogP contribution in [0.5, 0.6) is 0 Å². The second-order valence-electron chi connectivity index (χ2n) is 5.76. The fourth-order valence-electron chi connectivity index (χ4n) is 2.79. The summed E-state index contributed by atoms with van der Waals surface area (Å²) < 4.78 is 4.60. The van der Waals surface area contributed by atoms with Crippen molar-refractivity contribution in [3.05, 3.63) is 27.1 Å². The van der Waals surface area contributed by atoms with Crippen LogP contribution in [0.2, 0.25) is 0 Å². The number of hydrogen-bond acceptors (Lipinski definition) is 11. The Morgan fingerprint density at radius 2 is 2.20 bits per heavy atom. The number of amides is 3. The van der Waals surface area contributed by atoms with Crippen LogP contribution in [0.25, 0.3) is 0 Å². The molecular weight excluding hydrogens is 451 g/mol. The van der Waals surface area contributed by atoms with Crippen molar-refractivity contribution in [3.63, 3.8) is 0 Å². The van der Waals surface area contributed by atoms with Gasteiger partial charge >= 0.3 is 35.7 Å². The number of carboxylic acids is 1. The summed E-state index contributed by atoms with van der Waals surface area (Å²) in [5, 5.41) is 34.0. The predicted octanol–water partition coefficient (Wildman–Crippen LogP) is -5.76. The molecule has 0 saturated carbocycles. The number of carboxylic acid groups (broad SMARTS) is 1. The van der Waals surface area contributed by atoms with Gasteiger partial charge in [0, 0.05) is 16.7 Å². The Hall–Kier alpha value is -2.33. The van der Waals surface area contributed by atoms with Crippen LogP contribution >= 0.6 is 23.1 Å². The molecule has 3 heterocycles. The van der Waals surface area contributed by atoms with Gasteiger partial charge < -0.3 is 35.9 Å². The van der Waals surface area contributed by atoms with Gasteiger partial charge in [-0.1, -0.05) is 5.16 Å². The Kier molecular flexibility index (Phi) is 7.70. The van der Waals surface area contributed by atoms with Gasteiger partial charge in [-0.2, -0.15) is 0 Å². The average molecular weight is 464 g/mol. The van der Waals surface area contributed by atoms with Crippen molar-refractivity contribution >= 4 is 52.7 Å². The molecule has 16 heteroatoms. The molecule has 6 N–H and O–H groups in total. The maximum absolute atomic E-state index is 12.5. The first-order chi connectivity index (χ1) is 13.7. The number of H-pyrrole nitrogens is 1. The number of thiazole rings is 1. The number of aliphatic carboxylic acids is 1. The third-order valence-electron chi connectivity index (χ3n) is 4.03. The number of carbonyl (C=O) groups excluding carboxylic acids is 4. The maximum atomic E-state index is 12.5. The average Bonchev–Trinajstić information content (AvgIpc) is 3.09. The number of aromatic amines is 1. The van der Waals surface area contributed by atoms with Crippen molar-refractivity contribution in [1.82, 2.24) is 15.2 Å². The molecule has 0 aliphatic carbocycles. The third-order valence-corrected chi connectivity index (χ3v) is 6.06. The zero-order chi connectivity index (χ0) is 21.3. The number of nitrogens with one attached hydrogen (secondary N) is 3. The van der Waals surface area contributed by atoms with Gasteiger partial charge in [-0.25, -0.2) is 4.79 Å². The monoisotopic (exact) mass is 464 g/mol. The molecule has 0 bridgehead atoms. The third kappa shape index (κ3) is 4.54. The molecule has 2 atom stereocenters. The first-order valence-electron chi connectivity index (χ1n) is 7.80. The minimum atomic E-state index is -1.63. The fourth-order valence-corrected chi connectivity index (χ4v) is 4.69. The number of hydrogen-bond donors (Lipinski definition) is 5. The molecule has 1 aromatic heterocycles. The van der Waals surface area contributed by atoms with Crippen LogP contribution in [0.15, 0.2) is 21.8 Å². The van der Waals surface area contributed by atoms with Crippen molar-refractivity contribution < 1.29 is 63.8 Å². The number of ether oxygens (including phenoxy) is 1. The van der Waals surface area contributed by atoms with Crippen molar-refractivity contribution in [1.29, 1.82) is 5.41 Å². The SMILES string of the molecule is N=c1[nH]c(/C(=N/O)C(=O)NC2C(=O)N3C(C(=O)[O-])=C(COC(N)=O)CS[C@H]23)cs1.[Na+]. The number of carbonyl (C=O) groups is 4. The quantitative estimate of drug-likeness (QED) is 0.0896. The smallest absolute Gasteiger partial charge is 0.543 e. The number of rotatable bonds is 6. The van der Waals surface area contributed by atoms with E-state index in [4.69, 9.17) is 16.4 Å². The normalized spacial score (nSPS) is 20.6. The predicted molar refractivity (Wildman–Crippen MR) is 95.4 cm³/mol. The van der Waals surface area contributed by atoms with Crippen LogP contribution in [0.1, 0.15) is 5.69 Å². The standard InChI is InChI=1S/C14H14N6O7S2.Na/c15-13-17-5(3-29-13)6(19-26)9(21)18-7-10(22)20-8(12(23)24)4(1-27-14(16)25)2-28-11(7)20;/h3,7,11,26H,1-2H2,(H2,15,17)(H2,16,25)(H,18,21)(H,23,24);/q;+1/p-1/b19-6-;/t7?,11-;/m1./s1. The zero-order valence-corrected chi connectivity index (χ0v) is 19.0. The van der Waals surface area contributed by atoms with Gasteiger partial charge in [0.05, 0.1) is 17.4 Å². The molecule has 30 heavy (non-hydrogen) atoms. The number of aromatic nitrogens is 1. The molecule has 154 valence electrons. The summed E-state index contributed by atoms with van der Waals surface area (Å²) in [6.45, 7) is -0.413. The van der Waals surface area contributed by atoms with Crippen molar-refractivity contribution in [2.75, 3.05) is 12.4 Å². The molecule has 0 radical (unpaired) electrons. The Labute approximate surface area is 198 Å². The van der Waals surface area contributed by atoms with E-state index < -0.39 is 53.3 Å². The maximum Gasteiger partial charge on any atom is 1.00 e. The summed E-state index contributed by atoms with van der Waals surface area (Å²) in [4.78, 5) is 50.6. The van der Waals surface area contributed by atoms with Gasteiger partial charge in [0.2, 0.25) is 0 Å². The fraction of sp³-hybridized carbons (Fsp3) is 0.286. The Bertz CT molecular complexity index is 1020. The first-order valence-corrected chi connectivity index (χ1v) is 9.73. The van der Waals surface area contributed by atoms with E-state index in [1.54, 1.807) is 0 Å². The van der Waals surface area contributed by atoms with Crippen LogP contribution < -0.4 is 50.5 Å². The molecule has 3 rings (SSSR count). The van der Waals surface area contributed by atoms with Crippen molar-refractivity contribution in [3.8, 4) is 0 Å². The second-order valence-corrected chi connectivity index (χ2v) is 7.75. The van der Waals surface area contributed by atoms with E-state index in [1.165, 1.54) is 5.38 Å². The van der Waals surface area contributed by atoms with Crippen LogP contribution in [0.3, 0.4) is 0 Å². The van der Waals surface area contributed by atoms with E-state index in [0.29, 0.717) is 0 Å². The largest absolute Gasteiger partial charge is 1.00 e. The van der Waals surface area contributed by atoms with Gasteiger partial charge in [0.1, 0.15) is 18.0 Å².